The predicted octanol–water partition coefficient (Wildman–Crippen LogP) is 0.828. The second kappa shape index (κ2) is 3.24. The molecule has 0 saturated carbocycles. The highest BCUT2D eigenvalue weighted by molar-refractivity contribution is 5.93. The highest BCUT2D eigenvalue weighted by atomic mass is 16.1. The fourth-order valence-corrected chi connectivity index (χ4v) is 0.365. The molecule has 2 heteroatoms. The number of hydrogen-bond acceptors (Lipinski definition) is 2. The summed E-state index contributed by atoms with van der Waals surface area (Å²) in [5.41, 5.74) is 5.61. The van der Waals surface area contributed by atoms with E-state index in [1.54, 1.807) is 19.9 Å². The van der Waals surface area contributed by atoms with E-state index in [9.17, 15) is 4.79 Å². The molecule has 0 atom stereocenters. The maximum atomic E-state index is 10.5. The smallest absolute Gasteiger partial charge is 0.177 e. The summed E-state index contributed by atoms with van der Waals surface area (Å²) < 4.78 is 0. The Hall–Kier alpha value is -0.790. The standard InChI is InChI=1S/C6H11NO/c1-3-5(7)6(8)4-2/h3H,4,7H2,1-2H3/b5-3-. The van der Waals surface area contributed by atoms with E-state index >= 15 is 0 Å². The fraction of sp³-hybridized carbons (Fsp3) is 0.500. The molecular weight excluding hydrogens is 102 g/mol. The summed E-state index contributed by atoms with van der Waals surface area (Å²) in [6.45, 7) is 3.54. The van der Waals surface area contributed by atoms with Crippen molar-refractivity contribution in [1.29, 1.82) is 0 Å². The number of ketones is 1. The predicted molar refractivity (Wildman–Crippen MR) is 33.2 cm³/mol. The molecule has 0 aliphatic carbocycles. The van der Waals surface area contributed by atoms with Crippen LogP contribution in [0.1, 0.15) is 20.3 Å². The van der Waals surface area contributed by atoms with Gasteiger partial charge in [0, 0.05) is 6.42 Å². The van der Waals surface area contributed by atoms with Crippen molar-refractivity contribution in [1.82, 2.24) is 0 Å². The van der Waals surface area contributed by atoms with Gasteiger partial charge in [0.2, 0.25) is 0 Å². The van der Waals surface area contributed by atoms with Crippen molar-refractivity contribution in [2.24, 2.45) is 5.73 Å². The van der Waals surface area contributed by atoms with Crippen molar-refractivity contribution in [3.05, 3.63) is 11.8 Å². The average Bonchev–Trinajstić information content (AvgIpc) is 1.84. The normalized spacial score (nSPS) is 11.5. The average molecular weight is 113 g/mol. The number of Topliss-reactive ketones (excluding diaryl/α,β-unsaturated/α-hetero) is 1. The number of nitrogens with two attached hydrogens (primary N) is 1. The van der Waals surface area contributed by atoms with Gasteiger partial charge >= 0.3 is 0 Å². The van der Waals surface area contributed by atoms with Gasteiger partial charge in [0.1, 0.15) is 0 Å². The Balaban J connectivity index is 3.83. The molecule has 0 amide bonds. The zero-order valence-corrected chi connectivity index (χ0v) is 5.27. The van der Waals surface area contributed by atoms with Crippen LogP contribution in [0.4, 0.5) is 0 Å². The number of hydrogen-bond donors (Lipinski definition) is 1. The molecule has 0 heterocycles. The first-order chi connectivity index (χ1) is 3.72. The SMILES string of the molecule is C/C=C(\N)C(=O)CC. The lowest BCUT2D eigenvalue weighted by Gasteiger charge is -1.91. The fourth-order valence-electron chi connectivity index (χ4n) is 0.365. The molecule has 0 unspecified atom stereocenters. The van der Waals surface area contributed by atoms with Crippen LogP contribution in [0.2, 0.25) is 0 Å². The van der Waals surface area contributed by atoms with Gasteiger partial charge in [-0.2, -0.15) is 0 Å². The van der Waals surface area contributed by atoms with Crippen LogP contribution in [0.5, 0.6) is 0 Å². The third kappa shape index (κ3) is 1.78. The third-order valence-corrected chi connectivity index (χ3v) is 0.954. The highest BCUT2D eigenvalue weighted by Gasteiger charge is 1.97. The Labute approximate surface area is 49.4 Å². The molecule has 0 aliphatic heterocycles. The first-order valence-corrected chi connectivity index (χ1v) is 2.67. The molecule has 0 aromatic carbocycles. The van der Waals surface area contributed by atoms with Crippen molar-refractivity contribution in [3.8, 4) is 0 Å². The summed E-state index contributed by atoms with van der Waals surface area (Å²) in [7, 11) is 0. The largest absolute Gasteiger partial charge is 0.396 e. The first kappa shape index (κ1) is 7.21. The van der Waals surface area contributed by atoms with Crippen LogP contribution < -0.4 is 5.73 Å². The van der Waals surface area contributed by atoms with E-state index in [1.165, 1.54) is 0 Å². The molecule has 0 aliphatic rings. The molecule has 0 spiro atoms. The minimum atomic E-state index is 0.0208. The molecular formula is C6H11NO. The van der Waals surface area contributed by atoms with E-state index in [0.717, 1.165) is 0 Å². The molecule has 46 valence electrons. The summed E-state index contributed by atoms with van der Waals surface area (Å²) in [6, 6.07) is 0. The zero-order valence-electron chi connectivity index (χ0n) is 5.27. The maximum Gasteiger partial charge on any atom is 0.177 e. The molecule has 2 nitrogen and oxygen atoms in total. The summed E-state index contributed by atoms with van der Waals surface area (Å²) in [4.78, 5) is 10.5. The Kier molecular flexibility index (Phi) is 2.92. The van der Waals surface area contributed by atoms with Crippen LogP contribution in [-0.2, 0) is 4.79 Å². The van der Waals surface area contributed by atoms with Crippen LogP contribution in [0.25, 0.3) is 0 Å². The van der Waals surface area contributed by atoms with E-state index in [4.69, 9.17) is 5.73 Å². The van der Waals surface area contributed by atoms with Gasteiger partial charge in [-0.3, -0.25) is 4.79 Å². The van der Waals surface area contributed by atoms with E-state index in [1.807, 2.05) is 0 Å². The zero-order chi connectivity index (χ0) is 6.57. The van der Waals surface area contributed by atoms with Gasteiger partial charge in [-0.05, 0) is 6.92 Å². The number of carbonyl (C=O) groups excluding carboxylic acids is 1. The lowest BCUT2D eigenvalue weighted by molar-refractivity contribution is -0.115. The lowest BCUT2D eigenvalue weighted by atomic mass is 10.2. The molecule has 8 heavy (non-hydrogen) atoms. The van der Waals surface area contributed by atoms with Crippen LogP contribution in [0, 0.1) is 0 Å². The van der Waals surface area contributed by atoms with Crippen molar-refractivity contribution in [2.75, 3.05) is 0 Å². The summed E-state index contributed by atoms with van der Waals surface area (Å²) >= 11 is 0. The number of carbonyl (C=O) groups is 1. The molecule has 0 rings (SSSR count). The van der Waals surface area contributed by atoms with E-state index < -0.39 is 0 Å². The maximum absolute atomic E-state index is 10.5. The molecule has 0 saturated heterocycles. The molecule has 0 radical (unpaired) electrons. The van der Waals surface area contributed by atoms with Crippen molar-refractivity contribution >= 4 is 5.78 Å². The van der Waals surface area contributed by atoms with Crippen LogP contribution in [0.3, 0.4) is 0 Å². The second-order valence-corrected chi connectivity index (χ2v) is 1.52. The lowest BCUT2D eigenvalue weighted by Crippen LogP contribution is -2.08. The molecule has 0 bridgehead atoms. The van der Waals surface area contributed by atoms with E-state index in [-0.39, 0.29) is 5.78 Å². The summed E-state index contributed by atoms with van der Waals surface area (Å²) in [5.74, 6) is 0.0208. The Morgan fingerprint density at radius 3 is 2.38 bits per heavy atom. The van der Waals surface area contributed by atoms with Gasteiger partial charge in [0.25, 0.3) is 0 Å². The topological polar surface area (TPSA) is 43.1 Å². The van der Waals surface area contributed by atoms with Crippen LogP contribution in [0.15, 0.2) is 11.8 Å². The van der Waals surface area contributed by atoms with Crippen LogP contribution >= 0.6 is 0 Å². The second-order valence-electron chi connectivity index (χ2n) is 1.52. The van der Waals surface area contributed by atoms with Gasteiger partial charge in [-0.1, -0.05) is 13.0 Å². The monoisotopic (exact) mass is 113 g/mol. The highest BCUT2D eigenvalue weighted by Crippen LogP contribution is 1.89. The number of rotatable bonds is 2. The van der Waals surface area contributed by atoms with Crippen LogP contribution in [-0.4, -0.2) is 5.78 Å². The van der Waals surface area contributed by atoms with E-state index in [2.05, 4.69) is 0 Å². The van der Waals surface area contributed by atoms with Crippen molar-refractivity contribution < 1.29 is 4.79 Å². The van der Waals surface area contributed by atoms with Crippen molar-refractivity contribution in [2.45, 2.75) is 20.3 Å². The van der Waals surface area contributed by atoms with Gasteiger partial charge in [0.15, 0.2) is 5.78 Å². The first-order valence-electron chi connectivity index (χ1n) is 2.67. The van der Waals surface area contributed by atoms with Gasteiger partial charge in [0.05, 0.1) is 5.70 Å². The Morgan fingerprint density at radius 2 is 2.25 bits per heavy atom. The summed E-state index contributed by atoms with van der Waals surface area (Å²) in [6.07, 6.45) is 2.11. The Morgan fingerprint density at radius 1 is 1.75 bits per heavy atom. The summed E-state index contributed by atoms with van der Waals surface area (Å²) in [5, 5.41) is 0. The minimum absolute atomic E-state index is 0.0208. The Bertz CT molecular complexity index is 116. The number of allylic oxidation sites excluding steroid dienone is 2. The van der Waals surface area contributed by atoms with Crippen molar-refractivity contribution in [3.63, 3.8) is 0 Å². The van der Waals surface area contributed by atoms with Gasteiger partial charge in [-0.15, -0.1) is 0 Å². The van der Waals surface area contributed by atoms with E-state index in [0.29, 0.717) is 12.1 Å². The van der Waals surface area contributed by atoms with Gasteiger partial charge in [-0.25, -0.2) is 0 Å². The molecule has 2 N–H and O–H groups in total. The third-order valence-electron chi connectivity index (χ3n) is 0.954. The quantitative estimate of drug-likeness (QED) is 0.539. The van der Waals surface area contributed by atoms with Gasteiger partial charge < -0.3 is 5.73 Å². The molecule has 0 aromatic heterocycles. The minimum Gasteiger partial charge on any atom is -0.396 e. The molecule has 0 fully saturated rings. The molecule has 0 aromatic rings.